The van der Waals surface area contributed by atoms with Crippen LogP contribution in [0, 0.1) is 0 Å². The van der Waals surface area contributed by atoms with Gasteiger partial charge in [0.25, 0.3) is 0 Å². The summed E-state index contributed by atoms with van der Waals surface area (Å²) in [6, 6.07) is 1.65. The molecular formula is C16H15F6N3. The molecule has 1 aromatic carbocycles. The first kappa shape index (κ1) is 17.8. The number of imidazole rings is 1. The van der Waals surface area contributed by atoms with Gasteiger partial charge in [0.1, 0.15) is 5.82 Å². The lowest BCUT2D eigenvalue weighted by Crippen LogP contribution is -2.14. The average molecular weight is 363 g/mol. The summed E-state index contributed by atoms with van der Waals surface area (Å²) in [4.78, 5) is 7.16. The van der Waals surface area contributed by atoms with Crippen molar-refractivity contribution in [3.05, 3.63) is 52.6 Å². The summed E-state index contributed by atoms with van der Waals surface area (Å²) in [5.74, 6) is 0.649. The van der Waals surface area contributed by atoms with Gasteiger partial charge in [-0.05, 0) is 43.1 Å². The zero-order valence-electron chi connectivity index (χ0n) is 12.9. The Morgan fingerprint density at radius 3 is 2.16 bits per heavy atom. The molecule has 0 saturated carbocycles. The molecule has 1 aliphatic heterocycles. The number of halogens is 6. The lowest BCUT2D eigenvalue weighted by atomic mass is 10.0. The summed E-state index contributed by atoms with van der Waals surface area (Å²) in [6.45, 7) is 0.850. The van der Waals surface area contributed by atoms with Crippen LogP contribution in [-0.4, -0.2) is 16.5 Å². The molecule has 1 fully saturated rings. The lowest BCUT2D eigenvalue weighted by Gasteiger charge is -2.14. The molecule has 2 aromatic rings. The van der Waals surface area contributed by atoms with E-state index in [4.69, 9.17) is 0 Å². The number of H-pyrrole nitrogens is 1. The zero-order valence-corrected chi connectivity index (χ0v) is 12.9. The van der Waals surface area contributed by atoms with Gasteiger partial charge >= 0.3 is 12.4 Å². The van der Waals surface area contributed by atoms with Gasteiger partial charge in [-0.1, -0.05) is 0 Å². The van der Waals surface area contributed by atoms with Crippen LogP contribution in [-0.2, 0) is 18.8 Å². The predicted octanol–water partition coefficient (Wildman–Crippen LogP) is 4.46. The van der Waals surface area contributed by atoms with Crippen molar-refractivity contribution in [2.75, 3.05) is 6.54 Å². The molecule has 2 N–H and O–H groups in total. The predicted molar refractivity (Wildman–Crippen MR) is 77.8 cm³/mol. The van der Waals surface area contributed by atoms with Crippen molar-refractivity contribution < 1.29 is 26.3 Å². The molecule has 3 nitrogen and oxygen atoms in total. The number of hydrogen-bond donors (Lipinski definition) is 2. The Morgan fingerprint density at radius 1 is 1.00 bits per heavy atom. The van der Waals surface area contributed by atoms with Crippen molar-refractivity contribution >= 4 is 0 Å². The van der Waals surface area contributed by atoms with E-state index in [2.05, 4.69) is 15.3 Å². The highest BCUT2D eigenvalue weighted by Gasteiger charge is 2.36. The molecule has 0 unspecified atom stereocenters. The number of nitrogens with zero attached hydrogens (tertiary/aromatic N) is 1. The second-order valence-corrected chi connectivity index (χ2v) is 6.03. The Bertz CT molecular complexity index is 709. The summed E-state index contributed by atoms with van der Waals surface area (Å²) in [7, 11) is 0. The van der Waals surface area contributed by atoms with Crippen molar-refractivity contribution in [3.8, 4) is 0 Å². The van der Waals surface area contributed by atoms with E-state index >= 15 is 0 Å². The fraction of sp³-hybridized carbons (Fsp3) is 0.438. The van der Waals surface area contributed by atoms with Gasteiger partial charge in [0.05, 0.1) is 17.2 Å². The van der Waals surface area contributed by atoms with E-state index in [9.17, 15) is 26.3 Å². The summed E-state index contributed by atoms with van der Waals surface area (Å²) in [5.41, 5.74) is -2.23. The summed E-state index contributed by atoms with van der Waals surface area (Å²) < 4.78 is 77.3. The van der Waals surface area contributed by atoms with Gasteiger partial charge < -0.3 is 10.3 Å². The average Bonchev–Trinajstić information content (AvgIpc) is 3.15. The molecule has 136 valence electrons. The minimum Gasteiger partial charge on any atom is -0.344 e. The van der Waals surface area contributed by atoms with Gasteiger partial charge in [0.2, 0.25) is 0 Å². The van der Waals surface area contributed by atoms with E-state index in [-0.39, 0.29) is 24.1 Å². The van der Waals surface area contributed by atoms with E-state index in [0.717, 1.165) is 31.5 Å². The van der Waals surface area contributed by atoms with Gasteiger partial charge in [0, 0.05) is 18.3 Å². The zero-order chi connectivity index (χ0) is 18.2. The van der Waals surface area contributed by atoms with Crippen LogP contribution in [0.2, 0.25) is 0 Å². The molecule has 1 saturated heterocycles. The largest absolute Gasteiger partial charge is 0.416 e. The highest BCUT2D eigenvalue weighted by atomic mass is 19.4. The normalized spacial score (nSPS) is 18.7. The molecule has 1 atom stereocenters. The molecule has 0 amide bonds. The first-order valence-corrected chi connectivity index (χ1v) is 7.68. The SMILES string of the molecule is FC(F)(F)c1cc(Cc2cnc([C@H]3CCCN3)[nH]2)cc(C(F)(F)F)c1. The van der Waals surface area contributed by atoms with Gasteiger partial charge in [-0.3, -0.25) is 0 Å². The van der Waals surface area contributed by atoms with Crippen molar-refractivity contribution in [1.29, 1.82) is 0 Å². The van der Waals surface area contributed by atoms with Crippen molar-refractivity contribution in [1.82, 2.24) is 15.3 Å². The van der Waals surface area contributed by atoms with Gasteiger partial charge in [-0.25, -0.2) is 4.98 Å². The first-order valence-electron chi connectivity index (χ1n) is 7.68. The molecule has 0 spiro atoms. The van der Waals surface area contributed by atoms with Crippen molar-refractivity contribution in [3.63, 3.8) is 0 Å². The Kier molecular flexibility index (Phi) is 4.52. The third-order valence-corrected chi connectivity index (χ3v) is 4.08. The quantitative estimate of drug-likeness (QED) is 0.791. The highest BCUT2D eigenvalue weighted by molar-refractivity contribution is 5.35. The second kappa shape index (κ2) is 6.36. The fourth-order valence-electron chi connectivity index (χ4n) is 2.90. The molecule has 25 heavy (non-hydrogen) atoms. The number of benzene rings is 1. The van der Waals surface area contributed by atoms with Crippen molar-refractivity contribution in [2.24, 2.45) is 0 Å². The number of alkyl halides is 6. The minimum absolute atomic E-state index is 0.0426. The topological polar surface area (TPSA) is 40.7 Å². The van der Waals surface area contributed by atoms with Crippen LogP contribution in [0.3, 0.4) is 0 Å². The van der Waals surface area contributed by atoms with Crippen LogP contribution in [0.4, 0.5) is 26.3 Å². The maximum absolute atomic E-state index is 12.9. The Labute approximate surface area is 139 Å². The van der Waals surface area contributed by atoms with Crippen LogP contribution in [0.15, 0.2) is 24.4 Å². The molecule has 2 heterocycles. The monoisotopic (exact) mass is 363 g/mol. The summed E-state index contributed by atoms with van der Waals surface area (Å²) >= 11 is 0. The lowest BCUT2D eigenvalue weighted by molar-refractivity contribution is -0.143. The Balaban J connectivity index is 1.88. The number of rotatable bonds is 3. The molecular weight excluding hydrogens is 348 g/mol. The Hall–Kier alpha value is -2.03. The van der Waals surface area contributed by atoms with Crippen LogP contribution in [0.25, 0.3) is 0 Å². The second-order valence-electron chi connectivity index (χ2n) is 6.03. The van der Waals surface area contributed by atoms with E-state index in [1.165, 1.54) is 6.20 Å². The van der Waals surface area contributed by atoms with Gasteiger partial charge in [0.15, 0.2) is 0 Å². The third kappa shape index (κ3) is 4.15. The number of nitrogens with one attached hydrogen (secondary N) is 2. The fourth-order valence-corrected chi connectivity index (χ4v) is 2.90. The van der Waals surface area contributed by atoms with E-state index in [0.29, 0.717) is 11.5 Å². The number of aromatic nitrogens is 2. The molecule has 0 bridgehead atoms. The summed E-state index contributed by atoms with van der Waals surface area (Å²) in [6.07, 6.45) is -6.46. The van der Waals surface area contributed by atoms with Crippen LogP contribution >= 0.6 is 0 Å². The van der Waals surface area contributed by atoms with Crippen LogP contribution < -0.4 is 5.32 Å². The van der Waals surface area contributed by atoms with Gasteiger partial charge in [-0.2, -0.15) is 26.3 Å². The molecule has 1 aliphatic rings. The molecule has 9 heteroatoms. The maximum atomic E-state index is 12.9. The smallest absolute Gasteiger partial charge is 0.344 e. The molecule has 1 aromatic heterocycles. The minimum atomic E-state index is -4.84. The standard InChI is InChI=1S/C16H15F6N3/c17-15(18,19)10-4-9(5-11(7-10)16(20,21)22)6-12-8-24-14(25-12)13-2-1-3-23-13/h4-5,7-8,13,23H,1-3,6H2,(H,24,25)/t13-/m1/s1. The number of aromatic amines is 1. The molecule has 3 rings (SSSR count). The summed E-state index contributed by atoms with van der Waals surface area (Å²) in [5, 5.41) is 3.22. The molecule has 0 radical (unpaired) electrons. The third-order valence-electron chi connectivity index (χ3n) is 4.08. The van der Waals surface area contributed by atoms with Gasteiger partial charge in [-0.15, -0.1) is 0 Å². The van der Waals surface area contributed by atoms with E-state index < -0.39 is 23.5 Å². The maximum Gasteiger partial charge on any atom is 0.416 e. The van der Waals surface area contributed by atoms with Crippen molar-refractivity contribution in [2.45, 2.75) is 37.7 Å². The molecule has 0 aliphatic carbocycles. The van der Waals surface area contributed by atoms with E-state index in [1.54, 1.807) is 0 Å². The van der Waals surface area contributed by atoms with Crippen LogP contribution in [0.1, 0.15) is 47.1 Å². The Morgan fingerprint density at radius 2 is 1.64 bits per heavy atom. The highest BCUT2D eigenvalue weighted by Crippen LogP contribution is 2.36. The number of hydrogen-bond acceptors (Lipinski definition) is 2. The van der Waals surface area contributed by atoms with E-state index in [1.807, 2.05) is 0 Å². The van der Waals surface area contributed by atoms with Crippen LogP contribution in [0.5, 0.6) is 0 Å². The first-order chi connectivity index (χ1) is 11.6.